The van der Waals surface area contributed by atoms with Crippen LogP contribution in [-0.2, 0) is 6.54 Å². The predicted octanol–water partition coefficient (Wildman–Crippen LogP) is 3.37. The van der Waals surface area contributed by atoms with Crippen LogP contribution in [0.15, 0.2) is 30.5 Å². The SMILES string of the molecule is CCN(CC)c1ccc(CNCC2CC=CCC2)cn1. The number of nitrogens with one attached hydrogen (secondary N) is 1. The lowest BCUT2D eigenvalue weighted by Gasteiger charge is -2.20. The lowest BCUT2D eigenvalue weighted by molar-refractivity contribution is 0.440. The van der Waals surface area contributed by atoms with Crippen molar-refractivity contribution in [3.8, 4) is 0 Å². The van der Waals surface area contributed by atoms with Crippen molar-refractivity contribution in [1.29, 1.82) is 0 Å². The normalized spacial score (nSPS) is 18.2. The number of pyridine rings is 1. The smallest absolute Gasteiger partial charge is 0.128 e. The largest absolute Gasteiger partial charge is 0.357 e. The van der Waals surface area contributed by atoms with Gasteiger partial charge in [-0.25, -0.2) is 4.98 Å². The van der Waals surface area contributed by atoms with Gasteiger partial charge in [-0.2, -0.15) is 0 Å². The van der Waals surface area contributed by atoms with Crippen LogP contribution in [0, 0.1) is 5.92 Å². The Labute approximate surface area is 123 Å². The number of hydrogen-bond donors (Lipinski definition) is 1. The van der Waals surface area contributed by atoms with Gasteiger partial charge >= 0.3 is 0 Å². The van der Waals surface area contributed by atoms with Gasteiger partial charge in [-0.15, -0.1) is 0 Å². The van der Waals surface area contributed by atoms with Gasteiger partial charge in [0.25, 0.3) is 0 Å². The zero-order valence-corrected chi connectivity index (χ0v) is 12.8. The highest BCUT2D eigenvalue weighted by molar-refractivity contribution is 5.38. The van der Waals surface area contributed by atoms with Crippen molar-refractivity contribution in [3.63, 3.8) is 0 Å². The monoisotopic (exact) mass is 273 g/mol. The number of anilines is 1. The molecule has 2 rings (SSSR count). The summed E-state index contributed by atoms with van der Waals surface area (Å²) >= 11 is 0. The van der Waals surface area contributed by atoms with E-state index in [1.54, 1.807) is 0 Å². The van der Waals surface area contributed by atoms with Crippen molar-refractivity contribution < 1.29 is 0 Å². The topological polar surface area (TPSA) is 28.2 Å². The zero-order valence-electron chi connectivity index (χ0n) is 12.8. The molecule has 1 aliphatic rings. The minimum atomic E-state index is 0.808. The van der Waals surface area contributed by atoms with Crippen LogP contribution in [-0.4, -0.2) is 24.6 Å². The molecule has 0 bridgehead atoms. The number of aromatic nitrogens is 1. The Bertz CT molecular complexity index is 407. The molecule has 0 saturated heterocycles. The summed E-state index contributed by atoms with van der Waals surface area (Å²) in [6.45, 7) is 8.39. The maximum Gasteiger partial charge on any atom is 0.128 e. The fraction of sp³-hybridized carbons (Fsp3) is 0.588. The molecule has 1 aromatic rings. The van der Waals surface area contributed by atoms with Crippen molar-refractivity contribution in [2.45, 2.75) is 39.7 Å². The summed E-state index contributed by atoms with van der Waals surface area (Å²) in [6, 6.07) is 4.32. The maximum atomic E-state index is 4.56. The van der Waals surface area contributed by atoms with E-state index in [0.29, 0.717) is 0 Å². The van der Waals surface area contributed by atoms with Crippen LogP contribution < -0.4 is 10.2 Å². The van der Waals surface area contributed by atoms with E-state index < -0.39 is 0 Å². The molecule has 1 N–H and O–H groups in total. The van der Waals surface area contributed by atoms with Crippen molar-refractivity contribution in [2.24, 2.45) is 5.92 Å². The Kier molecular flexibility index (Phi) is 6.06. The lowest BCUT2D eigenvalue weighted by Crippen LogP contribution is -2.24. The molecule has 0 fully saturated rings. The quantitative estimate of drug-likeness (QED) is 0.772. The lowest BCUT2D eigenvalue weighted by atomic mass is 9.94. The van der Waals surface area contributed by atoms with Crippen LogP contribution >= 0.6 is 0 Å². The van der Waals surface area contributed by atoms with Gasteiger partial charge in [0.05, 0.1) is 0 Å². The third kappa shape index (κ3) is 4.34. The van der Waals surface area contributed by atoms with Gasteiger partial charge in [-0.3, -0.25) is 0 Å². The average molecular weight is 273 g/mol. The summed E-state index contributed by atoms with van der Waals surface area (Å²) < 4.78 is 0. The maximum absolute atomic E-state index is 4.56. The third-order valence-corrected chi connectivity index (χ3v) is 4.04. The molecule has 1 aromatic heterocycles. The fourth-order valence-electron chi connectivity index (χ4n) is 2.72. The molecule has 0 aliphatic heterocycles. The van der Waals surface area contributed by atoms with E-state index in [4.69, 9.17) is 0 Å². The first-order chi connectivity index (χ1) is 9.83. The van der Waals surface area contributed by atoms with E-state index in [2.05, 4.69) is 53.3 Å². The molecule has 3 nitrogen and oxygen atoms in total. The number of hydrogen-bond acceptors (Lipinski definition) is 3. The van der Waals surface area contributed by atoms with Crippen molar-refractivity contribution in [1.82, 2.24) is 10.3 Å². The van der Waals surface area contributed by atoms with Crippen LogP contribution in [0.3, 0.4) is 0 Å². The molecule has 1 heterocycles. The van der Waals surface area contributed by atoms with Crippen molar-refractivity contribution in [2.75, 3.05) is 24.5 Å². The second-order valence-electron chi connectivity index (χ2n) is 5.48. The molecule has 1 unspecified atom stereocenters. The Morgan fingerprint density at radius 1 is 1.25 bits per heavy atom. The van der Waals surface area contributed by atoms with E-state index in [1.165, 1.54) is 24.8 Å². The van der Waals surface area contributed by atoms with Crippen molar-refractivity contribution >= 4 is 5.82 Å². The van der Waals surface area contributed by atoms with Crippen molar-refractivity contribution in [3.05, 3.63) is 36.0 Å². The highest BCUT2D eigenvalue weighted by Crippen LogP contribution is 2.17. The van der Waals surface area contributed by atoms with Gasteiger partial charge in [-0.1, -0.05) is 18.2 Å². The zero-order chi connectivity index (χ0) is 14.2. The molecular weight excluding hydrogens is 246 g/mol. The second-order valence-corrected chi connectivity index (χ2v) is 5.48. The molecule has 0 aromatic carbocycles. The third-order valence-electron chi connectivity index (χ3n) is 4.04. The summed E-state index contributed by atoms with van der Waals surface area (Å²) in [6.07, 6.45) is 10.4. The molecule has 110 valence electrons. The van der Waals surface area contributed by atoms with E-state index in [1.807, 2.05) is 6.20 Å². The predicted molar refractivity (Wildman–Crippen MR) is 86.0 cm³/mol. The van der Waals surface area contributed by atoms with E-state index >= 15 is 0 Å². The van der Waals surface area contributed by atoms with Gasteiger partial charge < -0.3 is 10.2 Å². The Morgan fingerprint density at radius 2 is 2.10 bits per heavy atom. The minimum Gasteiger partial charge on any atom is -0.357 e. The van der Waals surface area contributed by atoms with Gasteiger partial charge in [0, 0.05) is 25.8 Å². The van der Waals surface area contributed by atoms with E-state index in [9.17, 15) is 0 Å². The van der Waals surface area contributed by atoms with Crippen LogP contribution in [0.1, 0.15) is 38.7 Å². The molecule has 1 atom stereocenters. The summed E-state index contributed by atoms with van der Waals surface area (Å²) in [7, 11) is 0. The van der Waals surface area contributed by atoms with Gasteiger partial charge in [0.2, 0.25) is 0 Å². The number of rotatable bonds is 7. The first-order valence-corrected chi connectivity index (χ1v) is 7.89. The molecule has 0 radical (unpaired) electrons. The molecule has 20 heavy (non-hydrogen) atoms. The molecule has 1 aliphatic carbocycles. The first-order valence-electron chi connectivity index (χ1n) is 7.89. The van der Waals surface area contributed by atoms with Gasteiger partial charge in [-0.05, 0) is 57.2 Å². The van der Waals surface area contributed by atoms with Crippen LogP contribution in [0.5, 0.6) is 0 Å². The molecule has 0 amide bonds. The van der Waals surface area contributed by atoms with Crippen LogP contribution in [0.2, 0.25) is 0 Å². The van der Waals surface area contributed by atoms with Gasteiger partial charge in [0.1, 0.15) is 5.82 Å². The standard InChI is InChI=1S/C17H27N3/c1-3-20(4-2)17-11-10-16(14-19-17)13-18-12-15-8-6-5-7-9-15/h5-6,10-11,14-15,18H,3-4,7-9,12-13H2,1-2H3. The van der Waals surface area contributed by atoms with Crippen LogP contribution in [0.4, 0.5) is 5.82 Å². The number of allylic oxidation sites excluding steroid dienone is 2. The highest BCUT2D eigenvalue weighted by atomic mass is 15.2. The summed E-state index contributed by atoms with van der Waals surface area (Å²) in [4.78, 5) is 6.83. The van der Waals surface area contributed by atoms with Gasteiger partial charge in [0.15, 0.2) is 0 Å². The average Bonchev–Trinajstić information content (AvgIpc) is 2.51. The summed E-state index contributed by atoms with van der Waals surface area (Å²) in [5.41, 5.74) is 1.27. The molecular formula is C17H27N3. The first kappa shape index (κ1) is 15.0. The van der Waals surface area contributed by atoms with Crippen LogP contribution in [0.25, 0.3) is 0 Å². The summed E-state index contributed by atoms with van der Waals surface area (Å²) in [5, 5.41) is 3.56. The van der Waals surface area contributed by atoms with E-state index in [-0.39, 0.29) is 0 Å². The highest BCUT2D eigenvalue weighted by Gasteiger charge is 2.09. The van der Waals surface area contributed by atoms with E-state index in [0.717, 1.165) is 37.9 Å². The Hall–Kier alpha value is -1.35. The fourth-order valence-corrected chi connectivity index (χ4v) is 2.72. The Morgan fingerprint density at radius 3 is 2.70 bits per heavy atom. The molecule has 0 saturated carbocycles. The molecule has 0 spiro atoms. The Balaban J connectivity index is 1.77. The molecule has 3 heteroatoms. The number of nitrogens with zero attached hydrogens (tertiary/aromatic N) is 2. The second kappa shape index (κ2) is 8.05. The summed E-state index contributed by atoms with van der Waals surface area (Å²) in [5.74, 6) is 1.89. The minimum absolute atomic E-state index is 0.808.